The Hall–Kier alpha value is -3.74. The fourth-order valence-corrected chi connectivity index (χ4v) is 6.41. The molecule has 0 radical (unpaired) electrons. The van der Waals surface area contributed by atoms with Crippen LogP contribution in [-0.2, 0) is 26.4 Å². The Morgan fingerprint density at radius 2 is 1.93 bits per heavy atom. The number of thiophene rings is 1. The van der Waals surface area contributed by atoms with E-state index in [4.69, 9.17) is 18.6 Å². The van der Waals surface area contributed by atoms with Crippen LogP contribution in [0.3, 0.4) is 0 Å². The molecule has 0 amide bonds. The maximum absolute atomic E-state index is 14.2. The van der Waals surface area contributed by atoms with Gasteiger partial charge in [0.05, 0.1) is 35.2 Å². The molecular weight excluding hydrogens is 562 g/mol. The highest BCUT2D eigenvalue weighted by atomic mass is 32.1. The molecule has 0 saturated carbocycles. The second kappa shape index (κ2) is 11.9. The van der Waals surface area contributed by atoms with Crippen LogP contribution in [0.1, 0.15) is 57.8 Å². The Labute approximate surface area is 246 Å². The van der Waals surface area contributed by atoms with Gasteiger partial charge in [-0.2, -0.15) is 0 Å². The van der Waals surface area contributed by atoms with E-state index in [2.05, 4.69) is 4.98 Å². The van der Waals surface area contributed by atoms with Crippen molar-refractivity contribution in [1.82, 2.24) is 14.1 Å². The third-order valence-corrected chi connectivity index (χ3v) is 8.73. The van der Waals surface area contributed by atoms with Gasteiger partial charge in [0.25, 0.3) is 5.56 Å². The van der Waals surface area contributed by atoms with Crippen molar-refractivity contribution in [2.24, 2.45) is 0 Å². The summed E-state index contributed by atoms with van der Waals surface area (Å²) in [5, 5.41) is 10.3. The number of fused-ring (bicyclic) bond motifs is 1. The average Bonchev–Trinajstić information content (AvgIpc) is 3.59. The lowest BCUT2D eigenvalue weighted by Crippen LogP contribution is -2.52. The number of rotatable bonds is 10. The predicted molar refractivity (Wildman–Crippen MR) is 157 cm³/mol. The standard InChI is InChI=1S/C30H35N3O8S/c1-17(2)40-21-9-7-6-8-20(21)22(41-19-10-13-38-14-11-19)16-32-27-23(18(3)24(42-27)25-31-12-15-39-25)26(34)33(29(32)37)30(4,5)28(35)36/h6-9,12,15,17,19,22H,10-11,13-14,16H2,1-5H3,(H,35,36). The zero-order chi connectivity index (χ0) is 30.2. The van der Waals surface area contributed by atoms with E-state index in [0.717, 1.165) is 10.1 Å². The highest BCUT2D eigenvalue weighted by molar-refractivity contribution is 7.22. The number of carboxylic acids is 1. The molecule has 1 saturated heterocycles. The Kier molecular flexibility index (Phi) is 8.40. The average molecular weight is 598 g/mol. The zero-order valence-corrected chi connectivity index (χ0v) is 25.1. The first-order valence-electron chi connectivity index (χ1n) is 13.9. The van der Waals surface area contributed by atoms with Crippen LogP contribution in [0.15, 0.2) is 50.7 Å². The molecule has 224 valence electrons. The Morgan fingerprint density at radius 1 is 1.21 bits per heavy atom. The molecule has 0 bridgehead atoms. The van der Waals surface area contributed by atoms with Crippen molar-refractivity contribution in [3.63, 3.8) is 0 Å². The number of nitrogens with zero attached hydrogens (tertiary/aromatic N) is 3. The lowest BCUT2D eigenvalue weighted by molar-refractivity contribution is -0.146. The molecule has 1 N–H and O–H groups in total. The lowest BCUT2D eigenvalue weighted by atomic mass is 10.0. The minimum atomic E-state index is -1.82. The fraction of sp³-hybridized carbons (Fsp3) is 0.467. The number of aryl methyl sites for hydroxylation is 1. The second-order valence-corrected chi connectivity index (χ2v) is 12.1. The Bertz CT molecular complexity index is 1690. The van der Waals surface area contributed by atoms with Crippen molar-refractivity contribution in [3.05, 3.63) is 68.7 Å². The van der Waals surface area contributed by atoms with Crippen LogP contribution >= 0.6 is 11.3 Å². The largest absolute Gasteiger partial charge is 0.491 e. The van der Waals surface area contributed by atoms with Crippen molar-refractivity contribution >= 4 is 27.5 Å². The predicted octanol–water partition coefficient (Wildman–Crippen LogP) is 4.73. The number of aliphatic carboxylic acids is 1. The van der Waals surface area contributed by atoms with Crippen LogP contribution in [0.5, 0.6) is 5.75 Å². The molecule has 1 aliphatic heterocycles. The monoisotopic (exact) mass is 597 g/mol. The number of hydrogen-bond donors (Lipinski definition) is 1. The van der Waals surface area contributed by atoms with Crippen LogP contribution < -0.4 is 16.0 Å². The van der Waals surface area contributed by atoms with Gasteiger partial charge in [-0.05, 0) is 59.1 Å². The van der Waals surface area contributed by atoms with Gasteiger partial charge < -0.3 is 23.7 Å². The van der Waals surface area contributed by atoms with Gasteiger partial charge in [-0.3, -0.25) is 9.36 Å². The summed E-state index contributed by atoms with van der Waals surface area (Å²) in [6.45, 7) is 9.42. The van der Waals surface area contributed by atoms with Gasteiger partial charge in [0.15, 0.2) is 0 Å². The van der Waals surface area contributed by atoms with E-state index in [9.17, 15) is 19.5 Å². The number of carbonyl (C=O) groups is 1. The number of para-hydroxylation sites is 1. The van der Waals surface area contributed by atoms with Crippen LogP contribution in [0.2, 0.25) is 0 Å². The summed E-state index contributed by atoms with van der Waals surface area (Å²) in [5.74, 6) is -0.378. The Balaban J connectivity index is 1.75. The van der Waals surface area contributed by atoms with E-state index in [1.165, 1.54) is 42.2 Å². The van der Waals surface area contributed by atoms with Gasteiger partial charge in [0, 0.05) is 18.8 Å². The Morgan fingerprint density at radius 3 is 2.57 bits per heavy atom. The minimum absolute atomic E-state index is 0.00607. The van der Waals surface area contributed by atoms with E-state index in [-0.39, 0.29) is 24.1 Å². The van der Waals surface area contributed by atoms with E-state index in [1.807, 2.05) is 38.1 Å². The molecule has 11 nitrogen and oxygen atoms in total. The number of hydrogen-bond acceptors (Lipinski definition) is 9. The number of ether oxygens (including phenoxy) is 3. The third-order valence-electron chi connectivity index (χ3n) is 7.42. The summed E-state index contributed by atoms with van der Waals surface area (Å²) in [5.41, 5.74) is -1.96. The van der Waals surface area contributed by atoms with Gasteiger partial charge in [-0.15, -0.1) is 11.3 Å². The molecular formula is C30H35N3O8S. The van der Waals surface area contributed by atoms with Crippen LogP contribution in [0.25, 0.3) is 21.0 Å². The molecule has 3 aromatic heterocycles. The molecule has 4 heterocycles. The number of benzene rings is 1. The van der Waals surface area contributed by atoms with E-state index in [0.29, 0.717) is 53.0 Å². The third kappa shape index (κ3) is 5.53. The molecule has 42 heavy (non-hydrogen) atoms. The molecule has 0 aliphatic carbocycles. The van der Waals surface area contributed by atoms with Crippen LogP contribution in [0.4, 0.5) is 0 Å². The van der Waals surface area contributed by atoms with Crippen molar-refractivity contribution in [2.75, 3.05) is 13.2 Å². The first-order chi connectivity index (χ1) is 20.0. The molecule has 1 aromatic carbocycles. The van der Waals surface area contributed by atoms with Crippen molar-refractivity contribution in [3.8, 4) is 16.5 Å². The van der Waals surface area contributed by atoms with Gasteiger partial charge in [-0.1, -0.05) is 18.2 Å². The quantitative estimate of drug-likeness (QED) is 0.275. The molecule has 12 heteroatoms. The van der Waals surface area contributed by atoms with Crippen molar-refractivity contribution in [2.45, 2.75) is 77.9 Å². The van der Waals surface area contributed by atoms with E-state index in [1.54, 1.807) is 6.92 Å². The highest BCUT2D eigenvalue weighted by Gasteiger charge is 2.36. The second-order valence-electron chi connectivity index (χ2n) is 11.1. The highest BCUT2D eigenvalue weighted by Crippen LogP contribution is 2.38. The first-order valence-corrected chi connectivity index (χ1v) is 14.7. The van der Waals surface area contributed by atoms with Gasteiger partial charge >= 0.3 is 11.7 Å². The molecule has 4 aromatic rings. The number of oxazole rings is 1. The van der Waals surface area contributed by atoms with Gasteiger partial charge in [0.1, 0.15) is 28.5 Å². The van der Waals surface area contributed by atoms with Crippen LogP contribution in [0, 0.1) is 6.92 Å². The number of carboxylic acid groups (broad SMARTS) is 1. The molecule has 1 unspecified atom stereocenters. The summed E-state index contributed by atoms with van der Waals surface area (Å²) in [6.07, 6.45) is 3.42. The summed E-state index contributed by atoms with van der Waals surface area (Å²) >= 11 is 1.20. The van der Waals surface area contributed by atoms with Gasteiger partial charge in [0.2, 0.25) is 5.89 Å². The maximum Gasteiger partial charge on any atom is 0.333 e. The topological polar surface area (TPSA) is 135 Å². The SMILES string of the molecule is Cc1c(-c2ncco2)sc2c1c(=O)n(C(C)(C)C(=O)O)c(=O)n2CC(OC1CCOCC1)c1ccccc1OC(C)C. The zero-order valence-electron chi connectivity index (χ0n) is 24.3. The molecule has 1 fully saturated rings. The van der Waals surface area contributed by atoms with Gasteiger partial charge in [-0.25, -0.2) is 19.1 Å². The summed E-state index contributed by atoms with van der Waals surface area (Å²) in [4.78, 5) is 45.6. The smallest absolute Gasteiger partial charge is 0.333 e. The van der Waals surface area contributed by atoms with Crippen molar-refractivity contribution in [1.29, 1.82) is 0 Å². The fourth-order valence-electron chi connectivity index (χ4n) is 5.17. The summed E-state index contributed by atoms with van der Waals surface area (Å²) < 4.78 is 26.1. The first kappa shape index (κ1) is 29.7. The minimum Gasteiger partial charge on any atom is -0.491 e. The van der Waals surface area contributed by atoms with Crippen LogP contribution in [-0.4, -0.2) is 50.6 Å². The lowest BCUT2D eigenvalue weighted by Gasteiger charge is -2.30. The summed E-state index contributed by atoms with van der Waals surface area (Å²) in [6, 6.07) is 7.51. The summed E-state index contributed by atoms with van der Waals surface area (Å²) in [7, 11) is 0. The molecule has 1 aliphatic rings. The maximum atomic E-state index is 14.2. The molecule has 5 rings (SSSR count). The molecule has 0 spiro atoms. The molecule has 1 atom stereocenters. The van der Waals surface area contributed by atoms with Crippen molar-refractivity contribution < 1.29 is 28.5 Å². The number of aromatic nitrogens is 3. The van der Waals surface area contributed by atoms with E-state index >= 15 is 0 Å². The van der Waals surface area contributed by atoms with E-state index < -0.39 is 28.9 Å². The normalized spacial score (nSPS) is 15.4.